The van der Waals surface area contributed by atoms with E-state index in [1.54, 1.807) is 13.0 Å². The fourth-order valence-corrected chi connectivity index (χ4v) is 4.15. The van der Waals surface area contributed by atoms with Crippen LogP contribution in [0.3, 0.4) is 0 Å². The first-order valence-corrected chi connectivity index (χ1v) is 9.40. The third kappa shape index (κ3) is 3.32. The predicted octanol–water partition coefficient (Wildman–Crippen LogP) is 2.27. The van der Waals surface area contributed by atoms with Crippen LogP contribution in [0, 0.1) is 0 Å². The maximum atomic E-state index is 12.4. The topological polar surface area (TPSA) is 82.5 Å². The Balaban J connectivity index is 1.65. The Bertz CT molecular complexity index is 872. The molecule has 4 rings (SSSR count). The van der Waals surface area contributed by atoms with Crippen LogP contribution in [0.15, 0.2) is 36.5 Å². The first kappa shape index (κ1) is 17.7. The van der Waals surface area contributed by atoms with Gasteiger partial charge in [0.1, 0.15) is 0 Å². The van der Waals surface area contributed by atoms with Gasteiger partial charge in [-0.05, 0) is 43.5 Å². The highest BCUT2D eigenvalue weighted by molar-refractivity contribution is 6.24. The molecule has 2 aliphatic heterocycles. The monoisotopic (exact) mass is 365 g/mol. The number of aliphatic hydroxyl groups is 1. The van der Waals surface area contributed by atoms with Crippen molar-refractivity contribution in [2.75, 3.05) is 18.0 Å². The number of pyridine rings is 1. The number of benzene rings is 1. The summed E-state index contributed by atoms with van der Waals surface area (Å²) in [6.45, 7) is 3.30. The van der Waals surface area contributed by atoms with Gasteiger partial charge in [0.25, 0.3) is 11.8 Å². The number of anilines is 1. The Morgan fingerprint density at radius 2 is 1.96 bits per heavy atom. The number of fused-ring (bicyclic) bond motifs is 1. The summed E-state index contributed by atoms with van der Waals surface area (Å²) in [5, 5.41) is 12.3. The lowest BCUT2D eigenvalue weighted by Gasteiger charge is -2.35. The summed E-state index contributed by atoms with van der Waals surface area (Å²) in [7, 11) is 0. The molecule has 6 nitrogen and oxygen atoms in total. The highest BCUT2D eigenvalue weighted by atomic mass is 16.3. The van der Waals surface area contributed by atoms with E-state index in [2.05, 4.69) is 21.3 Å². The van der Waals surface area contributed by atoms with Crippen LogP contribution in [0.1, 0.15) is 57.7 Å². The van der Waals surface area contributed by atoms with Crippen LogP contribution in [-0.4, -0.2) is 41.1 Å². The molecule has 1 saturated heterocycles. The molecule has 1 aromatic carbocycles. The van der Waals surface area contributed by atoms with Gasteiger partial charge in [0.05, 0.1) is 22.9 Å². The van der Waals surface area contributed by atoms with E-state index in [0.717, 1.165) is 42.9 Å². The van der Waals surface area contributed by atoms with Gasteiger partial charge in [-0.15, -0.1) is 0 Å². The summed E-state index contributed by atoms with van der Waals surface area (Å²) in [4.78, 5) is 31.2. The smallest absolute Gasteiger partial charge is 0.261 e. The summed E-state index contributed by atoms with van der Waals surface area (Å²) in [5.41, 5.74) is 3.69. The molecule has 1 unspecified atom stereocenters. The number of nitrogens with one attached hydrogen (secondary N) is 1. The lowest BCUT2D eigenvalue weighted by Crippen LogP contribution is -2.35. The number of nitrogens with zero attached hydrogens (tertiary/aromatic N) is 2. The zero-order valence-corrected chi connectivity index (χ0v) is 15.3. The minimum atomic E-state index is -0.520. The van der Waals surface area contributed by atoms with Gasteiger partial charge in [0.2, 0.25) is 0 Å². The van der Waals surface area contributed by atoms with E-state index >= 15 is 0 Å². The highest BCUT2D eigenvalue weighted by Gasteiger charge is 2.34. The molecule has 2 N–H and O–H groups in total. The number of hydrogen-bond donors (Lipinski definition) is 2. The molecule has 1 atom stereocenters. The minimum Gasteiger partial charge on any atom is -0.393 e. The van der Waals surface area contributed by atoms with Crippen molar-refractivity contribution in [1.29, 1.82) is 0 Å². The van der Waals surface area contributed by atoms with Crippen molar-refractivity contribution in [1.82, 2.24) is 10.3 Å². The van der Waals surface area contributed by atoms with E-state index in [1.165, 1.54) is 0 Å². The number of rotatable bonds is 4. The lowest BCUT2D eigenvalue weighted by atomic mass is 9.90. The van der Waals surface area contributed by atoms with Crippen LogP contribution >= 0.6 is 0 Å². The van der Waals surface area contributed by atoms with Crippen molar-refractivity contribution in [3.8, 4) is 0 Å². The van der Waals surface area contributed by atoms with E-state index in [1.807, 2.05) is 24.4 Å². The maximum Gasteiger partial charge on any atom is 0.261 e. The average Bonchev–Trinajstić information content (AvgIpc) is 2.96. The van der Waals surface area contributed by atoms with Gasteiger partial charge in [-0.1, -0.05) is 12.1 Å². The van der Waals surface area contributed by atoms with E-state index in [4.69, 9.17) is 0 Å². The number of aliphatic hydroxyl groups excluding tert-OH is 1. The largest absolute Gasteiger partial charge is 0.393 e. The molecule has 6 heteroatoms. The van der Waals surface area contributed by atoms with Crippen LogP contribution in [0.5, 0.6) is 0 Å². The van der Waals surface area contributed by atoms with Crippen molar-refractivity contribution in [2.24, 2.45) is 0 Å². The van der Waals surface area contributed by atoms with Gasteiger partial charge in [-0.2, -0.15) is 0 Å². The van der Waals surface area contributed by atoms with E-state index in [-0.39, 0.29) is 11.8 Å². The Morgan fingerprint density at radius 1 is 1.19 bits per heavy atom. The molecular weight excluding hydrogens is 342 g/mol. The summed E-state index contributed by atoms with van der Waals surface area (Å²) in [5.74, 6) is -0.289. The van der Waals surface area contributed by atoms with Crippen molar-refractivity contribution < 1.29 is 14.7 Å². The average molecular weight is 365 g/mol. The van der Waals surface area contributed by atoms with Crippen molar-refractivity contribution in [3.63, 3.8) is 0 Å². The zero-order valence-electron chi connectivity index (χ0n) is 15.3. The van der Waals surface area contributed by atoms with Crippen molar-refractivity contribution >= 4 is 17.5 Å². The van der Waals surface area contributed by atoms with Gasteiger partial charge in [0.15, 0.2) is 0 Å². The summed E-state index contributed by atoms with van der Waals surface area (Å²) >= 11 is 0. The second kappa shape index (κ2) is 7.12. The Morgan fingerprint density at radius 3 is 2.63 bits per heavy atom. The SMILES string of the molecule is CC(O)Cc1ccc2c(c1N1CCC(c3ccccn3)CC1)C(=O)NC2=O. The fraction of sp³-hybridized carbons (Fsp3) is 0.381. The van der Waals surface area contributed by atoms with Gasteiger partial charge in [-0.3, -0.25) is 19.9 Å². The number of piperidine rings is 1. The van der Waals surface area contributed by atoms with Gasteiger partial charge < -0.3 is 10.0 Å². The van der Waals surface area contributed by atoms with E-state index < -0.39 is 6.10 Å². The molecule has 3 heterocycles. The quantitative estimate of drug-likeness (QED) is 0.813. The third-order valence-corrected chi connectivity index (χ3v) is 5.39. The van der Waals surface area contributed by atoms with Crippen molar-refractivity contribution in [3.05, 3.63) is 58.9 Å². The summed E-state index contributed by atoms with van der Waals surface area (Å²) in [6.07, 6.45) is 3.62. The molecule has 0 spiro atoms. The summed E-state index contributed by atoms with van der Waals surface area (Å²) < 4.78 is 0. The third-order valence-electron chi connectivity index (χ3n) is 5.39. The van der Waals surface area contributed by atoms with Gasteiger partial charge in [-0.25, -0.2) is 0 Å². The van der Waals surface area contributed by atoms with Crippen LogP contribution < -0.4 is 10.2 Å². The Kier molecular flexibility index (Phi) is 4.66. The molecule has 2 amide bonds. The number of hydrogen-bond acceptors (Lipinski definition) is 5. The van der Waals surface area contributed by atoms with Crippen LogP contribution in [0.4, 0.5) is 5.69 Å². The first-order valence-electron chi connectivity index (χ1n) is 9.40. The van der Waals surface area contributed by atoms with E-state index in [0.29, 0.717) is 23.5 Å². The number of carbonyl (C=O) groups is 2. The van der Waals surface area contributed by atoms with Crippen molar-refractivity contribution in [2.45, 2.75) is 38.2 Å². The lowest BCUT2D eigenvalue weighted by molar-refractivity contribution is 0.0879. The number of amides is 2. The molecule has 1 aromatic heterocycles. The molecule has 2 aromatic rings. The molecule has 27 heavy (non-hydrogen) atoms. The number of aromatic nitrogens is 1. The molecule has 0 bridgehead atoms. The molecule has 0 aliphatic carbocycles. The first-order chi connectivity index (χ1) is 13.0. The van der Waals surface area contributed by atoms with Crippen LogP contribution in [-0.2, 0) is 6.42 Å². The second-order valence-corrected chi connectivity index (χ2v) is 7.35. The summed E-state index contributed by atoms with van der Waals surface area (Å²) in [6, 6.07) is 9.55. The zero-order chi connectivity index (χ0) is 19.0. The maximum absolute atomic E-state index is 12.4. The Labute approximate surface area is 158 Å². The molecule has 2 aliphatic rings. The van der Waals surface area contributed by atoms with Crippen LogP contribution in [0.25, 0.3) is 0 Å². The highest BCUT2D eigenvalue weighted by Crippen LogP contribution is 2.36. The van der Waals surface area contributed by atoms with Crippen LogP contribution in [0.2, 0.25) is 0 Å². The van der Waals surface area contributed by atoms with E-state index in [9.17, 15) is 14.7 Å². The number of imide groups is 1. The Hall–Kier alpha value is -2.73. The van der Waals surface area contributed by atoms with Gasteiger partial charge >= 0.3 is 0 Å². The molecule has 0 radical (unpaired) electrons. The molecule has 140 valence electrons. The molecule has 1 fully saturated rings. The number of carbonyl (C=O) groups excluding carboxylic acids is 2. The molecule has 0 saturated carbocycles. The van der Waals surface area contributed by atoms with Gasteiger partial charge in [0, 0.05) is 37.3 Å². The normalized spacial score (nSPS) is 18.4. The predicted molar refractivity (Wildman–Crippen MR) is 102 cm³/mol. The molecular formula is C21H23N3O3. The standard InChI is InChI=1S/C21H23N3O3/c1-13(25)12-15-5-6-16-18(21(27)23-20(16)26)19(15)24-10-7-14(8-11-24)17-4-2-3-9-22-17/h2-6,9,13-14,25H,7-8,10-12H2,1H3,(H,23,26,27). The fourth-order valence-electron chi connectivity index (χ4n) is 4.15. The minimum absolute atomic E-state index is 0.343. The second-order valence-electron chi connectivity index (χ2n) is 7.35.